The van der Waals surface area contributed by atoms with E-state index in [2.05, 4.69) is 158 Å². The van der Waals surface area contributed by atoms with Crippen LogP contribution in [0.4, 0.5) is 0 Å². The van der Waals surface area contributed by atoms with E-state index in [0.717, 1.165) is 24.0 Å². The largest absolute Gasteiger partial charge is 0.456 e. The molecule has 9 aromatic rings. The maximum Gasteiger partial charge on any atom is 0.135 e. The topological polar surface area (TPSA) is 13.1 Å². The van der Waals surface area contributed by atoms with Crippen LogP contribution < -0.4 is 0 Å². The predicted octanol–water partition coefficient (Wildman–Crippen LogP) is 13.0. The summed E-state index contributed by atoms with van der Waals surface area (Å²) in [7, 11) is 0. The average molecular weight is 599 g/mol. The van der Waals surface area contributed by atoms with Crippen LogP contribution in [0.25, 0.3) is 93.7 Å². The minimum Gasteiger partial charge on any atom is -0.456 e. The van der Waals surface area contributed by atoms with E-state index < -0.39 is 0 Å². The molecule has 0 bridgehead atoms. The van der Waals surface area contributed by atoms with E-state index in [4.69, 9.17) is 4.42 Å². The zero-order chi connectivity index (χ0) is 30.9. The van der Waals surface area contributed by atoms with Crippen LogP contribution in [-0.2, 0) is 6.42 Å². The molecule has 0 unspecified atom stereocenters. The van der Waals surface area contributed by atoms with Crippen molar-refractivity contribution in [3.8, 4) is 33.4 Å². The number of benzene rings is 8. The van der Waals surface area contributed by atoms with Crippen LogP contribution >= 0.6 is 0 Å². The Balaban J connectivity index is 1.22. The fraction of sp³-hybridized carbons (Fsp3) is 0.0435. The molecule has 1 aromatic heterocycles. The summed E-state index contributed by atoms with van der Waals surface area (Å²) in [6.07, 6.45) is 6.70. The molecule has 0 N–H and O–H groups in total. The highest BCUT2D eigenvalue weighted by molar-refractivity contribution is 6.22. The van der Waals surface area contributed by atoms with E-state index in [0.29, 0.717) is 0 Å². The van der Waals surface area contributed by atoms with Crippen LogP contribution in [0.15, 0.2) is 156 Å². The standard InChI is InChI=1S/C46H30O/c1-2-13-31-28-44-42(26-30(31)12-1)41-27-34(23-24-43(41)47-44)46-39-20-7-5-18-37(39)45(38-19-6-8-21-40(38)46)33-16-9-15-32(25-33)36-22-10-14-29-11-3-4-17-35(29)36/h1,3-12,14-28H,2,13H2. The lowest BCUT2D eigenvalue weighted by Gasteiger charge is -2.18. The van der Waals surface area contributed by atoms with Gasteiger partial charge >= 0.3 is 0 Å². The third-order valence-corrected chi connectivity index (χ3v) is 10.1. The number of fused-ring (bicyclic) bond motifs is 7. The second-order valence-corrected chi connectivity index (χ2v) is 12.7. The van der Waals surface area contributed by atoms with Crippen LogP contribution in [0.3, 0.4) is 0 Å². The molecule has 47 heavy (non-hydrogen) atoms. The molecule has 220 valence electrons. The number of rotatable bonds is 3. The highest BCUT2D eigenvalue weighted by atomic mass is 16.3. The fourth-order valence-corrected chi connectivity index (χ4v) is 7.93. The Labute approximate surface area is 273 Å². The molecule has 0 amide bonds. The molecule has 0 fully saturated rings. The van der Waals surface area contributed by atoms with Gasteiger partial charge in [-0.15, -0.1) is 0 Å². The Kier molecular flexibility index (Phi) is 5.77. The van der Waals surface area contributed by atoms with Crippen LogP contribution in [0.5, 0.6) is 0 Å². The Bertz CT molecular complexity index is 2680. The summed E-state index contributed by atoms with van der Waals surface area (Å²) in [5, 5.41) is 9.90. The maximum atomic E-state index is 6.41. The smallest absolute Gasteiger partial charge is 0.135 e. The normalized spacial score (nSPS) is 12.9. The average Bonchev–Trinajstić information content (AvgIpc) is 3.49. The van der Waals surface area contributed by atoms with Crippen molar-refractivity contribution in [2.75, 3.05) is 0 Å². The fourth-order valence-electron chi connectivity index (χ4n) is 7.93. The lowest BCUT2D eigenvalue weighted by molar-refractivity contribution is 0.668. The summed E-state index contributed by atoms with van der Waals surface area (Å²) >= 11 is 0. The highest BCUT2D eigenvalue weighted by Crippen LogP contribution is 2.45. The SMILES string of the molecule is C1=Cc2cc3c(cc2CC1)oc1ccc(-c2c4ccccc4c(-c4cccc(-c5cccc6ccccc56)c4)c4ccccc24)cc13. The Morgan fingerprint density at radius 2 is 1.04 bits per heavy atom. The van der Waals surface area contributed by atoms with Gasteiger partial charge in [0.15, 0.2) is 0 Å². The lowest BCUT2D eigenvalue weighted by Crippen LogP contribution is -1.93. The van der Waals surface area contributed by atoms with Crippen molar-refractivity contribution >= 4 is 60.3 Å². The van der Waals surface area contributed by atoms with Crippen LogP contribution in [0.1, 0.15) is 17.5 Å². The van der Waals surface area contributed by atoms with E-state index in [1.807, 2.05) is 0 Å². The first kappa shape index (κ1) is 26.3. The molecule has 1 aliphatic carbocycles. The molecule has 1 heteroatoms. The summed E-state index contributed by atoms with van der Waals surface area (Å²) in [5.41, 5.74) is 12.0. The molecule has 0 spiro atoms. The van der Waals surface area contributed by atoms with E-state index in [1.165, 1.54) is 87.6 Å². The molecular formula is C46H30O. The highest BCUT2D eigenvalue weighted by Gasteiger charge is 2.19. The van der Waals surface area contributed by atoms with E-state index in [1.54, 1.807) is 0 Å². The monoisotopic (exact) mass is 598 g/mol. The molecule has 8 aromatic carbocycles. The van der Waals surface area contributed by atoms with Crippen molar-refractivity contribution in [3.05, 3.63) is 163 Å². The second kappa shape index (κ2) is 10.3. The summed E-state index contributed by atoms with van der Waals surface area (Å²) in [6.45, 7) is 0. The minimum absolute atomic E-state index is 0.936. The zero-order valence-corrected chi connectivity index (χ0v) is 25.8. The molecule has 1 aliphatic rings. The van der Waals surface area contributed by atoms with Gasteiger partial charge in [-0.1, -0.05) is 127 Å². The van der Waals surface area contributed by atoms with Crippen molar-refractivity contribution in [1.82, 2.24) is 0 Å². The molecule has 0 saturated heterocycles. The third kappa shape index (κ3) is 4.10. The van der Waals surface area contributed by atoms with Crippen molar-refractivity contribution in [1.29, 1.82) is 0 Å². The summed E-state index contributed by atoms with van der Waals surface area (Å²) in [5.74, 6) is 0. The zero-order valence-electron chi connectivity index (χ0n) is 25.8. The molecular weight excluding hydrogens is 569 g/mol. The van der Waals surface area contributed by atoms with Gasteiger partial charge in [0.2, 0.25) is 0 Å². The first-order chi connectivity index (χ1) is 23.3. The molecule has 1 heterocycles. The van der Waals surface area contributed by atoms with Crippen LogP contribution in [0, 0.1) is 0 Å². The van der Waals surface area contributed by atoms with Gasteiger partial charge in [-0.2, -0.15) is 0 Å². The minimum atomic E-state index is 0.936. The molecule has 0 atom stereocenters. The summed E-state index contributed by atoms with van der Waals surface area (Å²) < 4.78 is 6.41. The van der Waals surface area contributed by atoms with E-state index in [-0.39, 0.29) is 0 Å². The Morgan fingerprint density at radius 3 is 1.81 bits per heavy atom. The van der Waals surface area contributed by atoms with Crippen molar-refractivity contribution in [2.45, 2.75) is 12.8 Å². The van der Waals surface area contributed by atoms with Gasteiger partial charge in [-0.3, -0.25) is 0 Å². The van der Waals surface area contributed by atoms with Crippen LogP contribution in [-0.4, -0.2) is 0 Å². The van der Waals surface area contributed by atoms with Gasteiger partial charge in [-0.05, 0) is 120 Å². The predicted molar refractivity (Wildman–Crippen MR) is 200 cm³/mol. The van der Waals surface area contributed by atoms with Gasteiger partial charge in [0.05, 0.1) is 0 Å². The van der Waals surface area contributed by atoms with Crippen LogP contribution in [0.2, 0.25) is 0 Å². The summed E-state index contributed by atoms with van der Waals surface area (Å²) in [4.78, 5) is 0. The van der Waals surface area contributed by atoms with Gasteiger partial charge in [0, 0.05) is 10.8 Å². The van der Waals surface area contributed by atoms with Gasteiger partial charge < -0.3 is 4.42 Å². The Morgan fingerprint density at radius 1 is 0.426 bits per heavy atom. The molecule has 0 radical (unpaired) electrons. The van der Waals surface area contributed by atoms with E-state index in [9.17, 15) is 0 Å². The lowest BCUT2D eigenvalue weighted by atomic mass is 9.85. The van der Waals surface area contributed by atoms with Crippen molar-refractivity contribution < 1.29 is 4.42 Å². The Hall–Kier alpha value is -5.92. The second-order valence-electron chi connectivity index (χ2n) is 12.7. The molecule has 1 nitrogen and oxygen atoms in total. The number of allylic oxidation sites excluding steroid dienone is 1. The molecule has 10 rings (SSSR count). The third-order valence-electron chi connectivity index (χ3n) is 10.1. The number of hydrogen-bond acceptors (Lipinski definition) is 1. The van der Waals surface area contributed by atoms with Crippen molar-refractivity contribution in [3.63, 3.8) is 0 Å². The number of hydrogen-bond donors (Lipinski definition) is 0. The van der Waals surface area contributed by atoms with Gasteiger partial charge in [0.1, 0.15) is 11.2 Å². The molecule has 0 aliphatic heterocycles. The number of furan rings is 1. The van der Waals surface area contributed by atoms with Crippen molar-refractivity contribution in [2.24, 2.45) is 0 Å². The summed E-state index contributed by atoms with van der Waals surface area (Å²) in [6, 6.07) is 53.4. The number of aryl methyl sites for hydroxylation is 1. The van der Waals surface area contributed by atoms with Gasteiger partial charge in [0.25, 0.3) is 0 Å². The first-order valence-corrected chi connectivity index (χ1v) is 16.5. The van der Waals surface area contributed by atoms with Gasteiger partial charge in [-0.25, -0.2) is 0 Å². The quantitative estimate of drug-likeness (QED) is 0.184. The first-order valence-electron chi connectivity index (χ1n) is 16.5. The van der Waals surface area contributed by atoms with E-state index >= 15 is 0 Å². The maximum absolute atomic E-state index is 6.41. The molecule has 0 saturated carbocycles.